The number of nitrogens with zero attached hydrogens (tertiary/aromatic N) is 4. The summed E-state index contributed by atoms with van der Waals surface area (Å²) >= 11 is 3.11. The van der Waals surface area contributed by atoms with E-state index in [1.807, 2.05) is 50.6 Å². The molecule has 28 heavy (non-hydrogen) atoms. The Labute approximate surface area is 171 Å². The molecule has 3 aromatic heterocycles. The number of benzene rings is 1. The zero-order valence-corrected chi connectivity index (χ0v) is 17.8. The number of aromatic nitrogens is 5. The quantitative estimate of drug-likeness (QED) is 0.499. The lowest BCUT2D eigenvalue weighted by molar-refractivity contribution is 0.745. The zero-order valence-electron chi connectivity index (χ0n) is 16.2. The van der Waals surface area contributed by atoms with E-state index in [9.17, 15) is 4.79 Å². The van der Waals surface area contributed by atoms with Gasteiger partial charge in [-0.1, -0.05) is 42.1 Å². The van der Waals surface area contributed by atoms with Gasteiger partial charge in [-0.25, -0.2) is 4.98 Å². The number of H-pyrrole nitrogens is 1. The number of thioether (sulfide) groups is 1. The van der Waals surface area contributed by atoms with Gasteiger partial charge in [0.05, 0.1) is 10.6 Å². The molecule has 0 saturated heterocycles. The van der Waals surface area contributed by atoms with Crippen LogP contribution in [-0.2, 0) is 13.5 Å². The number of hydrogen-bond acceptors (Lipinski definition) is 6. The third kappa shape index (κ3) is 3.49. The number of fused-ring (bicyclic) bond motifs is 1. The molecule has 0 spiro atoms. The first-order chi connectivity index (χ1) is 13.4. The summed E-state index contributed by atoms with van der Waals surface area (Å²) in [6.07, 6.45) is 0.730. The first-order valence-electron chi connectivity index (χ1n) is 9.02. The summed E-state index contributed by atoms with van der Waals surface area (Å²) in [5.41, 5.74) is 2.14. The fourth-order valence-corrected chi connectivity index (χ4v) is 4.99. The fraction of sp³-hybridized carbons (Fsp3) is 0.300. The van der Waals surface area contributed by atoms with Crippen LogP contribution in [-0.4, -0.2) is 24.7 Å². The number of aromatic amines is 1. The van der Waals surface area contributed by atoms with E-state index in [4.69, 9.17) is 4.98 Å². The van der Waals surface area contributed by atoms with Crippen molar-refractivity contribution >= 4 is 33.3 Å². The van der Waals surface area contributed by atoms with Crippen molar-refractivity contribution < 1.29 is 0 Å². The molecule has 0 amide bonds. The number of nitrogens with one attached hydrogen (secondary N) is 1. The molecule has 0 radical (unpaired) electrons. The number of aryl methyl sites for hydroxylation is 2. The van der Waals surface area contributed by atoms with Crippen LogP contribution >= 0.6 is 23.1 Å². The maximum absolute atomic E-state index is 12.5. The Hall–Kier alpha value is -2.45. The molecule has 1 N–H and O–H groups in total. The molecule has 0 unspecified atom stereocenters. The molecule has 0 aliphatic rings. The molecule has 1 atom stereocenters. The Morgan fingerprint density at radius 3 is 2.71 bits per heavy atom. The van der Waals surface area contributed by atoms with Crippen LogP contribution in [0, 0.1) is 13.8 Å². The molecule has 3 heterocycles. The highest BCUT2D eigenvalue weighted by atomic mass is 32.2. The predicted molar refractivity (Wildman–Crippen MR) is 114 cm³/mol. The van der Waals surface area contributed by atoms with E-state index < -0.39 is 0 Å². The van der Waals surface area contributed by atoms with Crippen molar-refractivity contribution in [3.8, 4) is 0 Å². The van der Waals surface area contributed by atoms with Gasteiger partial charge in [-0.3, -0.25) is 4.79 Å². The zero-order chi connectivity index (χ0) is 19.8. The van der Waals surface area contributed by atoms with Crippen molar-refractivity contribution in [2.24, 2.45) is 7.05 Å². The van der Waals surface area contributed by atoms with Gasteiger partial charge >= 0.3 is 0 Å². The van der Waals surface area contributed by atoms with Gasteiger partial charge in [-0.2, -0.15) is 0 Å². The molecule has 6 nitrogen and oxygen atoms in total. The second-order valence-corrected chi connectivity index (χ2v) is 9.31. The minimum Gasteiger partial charge on any atom is -0.309 e. The van der Waals surface area contributed by atoms with Gasteiger partial charge in [0.2, 0.25) is 0 Å². The molecule has 144 valence electrons. The first kappa shape index (κ1) is 18.9. The highest BCUT2D eigenvalue weighted by Gasteiger charge is 2.19. The fourth-order valence-electron chi connectivity index (χ4n) is 3.06. The van der Waals surface area contributed by atoms with E-state index in [-0.39, 0.29) is 10.8 Å². The number of thiophene rings is 1. The molecule has 8 heteroatoms. The predicted octanol–water partition coefficient (Wildman–Crippen LogP) is 4.17. The minimum absolute atomic E-state index is 0.0488. The lowest BCUT2D eigenvalue weighted by atomic mass is 10.1. The van der Waals surface area contributed by atoms with E-state index in [0.29, 0.717) is 11.2 Å². The molecule has 0 aliphatic carbocycles. The van der Waals surface area contributed by atoms with Crippen LogP contribution in [0.3, 0.4) is 0 Å². The van der Waals surface area contributed by atoms with Gasteiger partial charge in [0.25, 0.3) is 5.56 Å². The average molecular weight is 412 g/mol. The second-order valence-electron chi connectivity index (χ2n) is 6.79. The monoisotopic (exact) mass is 411 g/mol. The van der Waals surface area contributed by atoms with Crippen molar-refractivity contribution in [2.45, 2.75) is 37.6 Å². The smallest absolute Gasteiger partial charge is 0.259 e. The standard InChI is InChI=1S/C20H21N5OS2/c1-11-12(2)27-19-16(11)18(26)21-17(22-19)13(3)28-20-24-23-15(25(20)4)10-14-8-6-5-7-9-14/h5-9,13H,10H2,1-4H3,(H,21,22,26)/t13-/m1/s1. The highest BCUT2D eigenvalue weighted by Crippen LogP contribution is 2.33. The summed E-state index contributed by atoms with van der Waals surface area (Å²) in [6.45, 7) is 6.01. The second kappa shape index (κ2) is 7.52. The van der Waals surface area contributed by atoms with Gasteiger partial charge < -0.3 is 9.55 Å². The third-order valence-electron chi connectivity index (χ3n) is 4.85. The lowest BCUT2D eigenvalue weighted by Gasteiger charge is -2.10. The summed E-state index contributed by atoms with van der Waals surface area (Å²) in [7, 11) is 1.97. The van der Waals surface area contributed by atoms with Gasteiger partial charge in [0, 0.05) is 18.3 Å². The summed E-state index contributed by atoms with van der Waals surface area (Å²) in [5.74, 6) is 1.57. The summed E-state index contributed by atoms with van der Waals surface area (Å²) in [6, 6.07) is 10.2. The van der Waals surface area contributed by atoms with E-state index in [1.165, 1.54) is 5.56 Å². The summed E-state index contributed by atoms with van der Waals surface area (Å²) < 4.78 is 2.00. The van der Waals surface area contributed by atoms with Crippen molar-refractivity contribution in [1.29, 1.82) is 0 Å². The Morgan fingerprint density at radius 2 is 1.96 bits per heavy atom. The molecular weight excluding hydrogens is 390 g/mol. The van der Waals surface area contributed by atoms with Crippen molar-refractivity contribution in [1.82, 2.24) is 24.7 Å². The van der Waals surface area contributed by atoms with Crippen LogP contribution in [0.2, 0.25) is 0 Å². The highest BCUT2D eigenvalue weighted by molar-refractivity contribution is 7.99. The first-order valence-corrected chi connectivity index (χ1v) is 10.7. The SMILES string of the molecule is Cc1sc2nc([C@@H](C)Sc3nnc(Cc4ccccc4)n3C)[nH]c(=O)c2c1C. The maximum atomic E-state index is 12.5. The lowest BCUT2D eigenvalue weighted by Crippen LogP contribution is -2.12. The number of rotatable bonds is 5. The number of hydrogen-bond donors (Lipinski definition) is 1. The molecule has 0 fully saturated rings. The van der Waals surface area contributed by atoms with Crippen LogP contribution in [0.1, 0.15) is 39.8 Å². The van der Waals surface area contributed by atoms with E-state index >= 15 is 0 Å². The maximum Gasteiger partial charge on any atom is 0.259 e. The average Bonchev–Trinajstić information content (AvgIpc) is 3.16. The Bertz CT molecular complexity index is 1190. The van der Waals surface area contributed by atoms with Gasteiger partial charge in [0.15, 0.2) is 5.16 Å². The minimum atomic E-state index is -0.0722. The van der Waals surface area contributed by atoms with Crippen molar-refractivity contribution in [3.63, 3.8) is 0 Å². The van der Waals surface area contributed by atoms with E-state index in [2.05, 4.69) is 27.3 Å². The normalized spacial score (nSPS) is 12.6. The molecule has 0 saturated carbocycles. The largest absolute Gasteiger partial charge is 0.309 e. The van der Waals surface area contributed by atoms with Crippen LogP contribution in [0.5, 0.6) is 0 Å². The molecule has 0 bridgehead atoms. The van der Waals surface area contributed by atoms with Crippen molar-refractivity contribution in [3.05, 3.63) is 68.3 Å². The molecular formula is C20H21N5OS2. The van der Waals surface area contributed by atoms with Gasteiger partial charge in [0.1, 0.15) is 16.5 Å². The summed E-state index contributed by atoms with van der Waals surface area (Å²) in [4.78, 5) is 22.1. The van der Waals surface area contributed by atoms with Crippen molar-refractivity contribution in [2.75, 3.05) is 0 Å². The molecule has 4 aromatic rings. The van der Waals surface area contributed by atoms with Gasteiger partial charge in [-0.15, -0.1) is 21.5 Å². The topological polar surface area (TPSA) is 76.5 Å². The van der Waals surface area contributed by atoms with E-state index in [1.54, 1.807) is 23.1 Å². The third-order valence-corrected chi connectivity index (χ3v) is 7.10. The Kier molecular flexibility index (Phi) is 5.07. The van der Waals surface area contributed by atoms with Crippen LogP contribution in [0.4, 0.5) is 0 Å². The van der Waals surface area contributed by atoms with Crippen LogP contribution in [0.15, 0.2) is 40.3 Å². The Morgan fingerprint density at radius 1 is 1.21 bits per heavy atom. The molecule has 0 aliphatic heterocycles. The summed E-state index contributed by atoms with van der Waals surface area (Å²) in [5, 5.41) is 10.1. The van der Waals surface area contributed by atoms with Crippen LogP contribution < -0.4 is 5.56 Å². The molecule has 1 aromatic carbocycles. The van der Waals surface area contributed by atoms with Crippen LogP contribution in [0.25, 0.3) is 10.2 Å². The van der Waals surface area contributed by atoms with Gasteiger partial charge in [-0.05, 0) is 31.9 Å². The molecule has 4 rings (SSSR count). The Balaban J connectivity index is 1.58. The van der Waals surface area contributed by atoms with E-state index in [0.717, 1.165) is 32.7 Å².